The SMILES string of the molecule is N#CCC(=O)Nc1cc(OCC(F)(F)F)cc(OCC(F)(F)F)c1. The van der Waals surface area contributed by atoms with Crippen LogP contribution in [0.3, 0.4) is 0 Å². The molecule has 0 atom stereocenters. The molecule has 0 aliphatic carbocycles. The Morgan fingerprint density at radius 3 is 1.83 bits per heavy atom. The second-order valence-electron chi connectivity index (χ2n) is 4.38. The number of nitriles is 1. The van der Waals surface area contributed by atoms with E-state index in [1.165, 1.54) is 6.07 Å². The Morgan fingerprint density at radius 1 is 1.00 bits per heavy atom. The lowest BCUT2D eigenvalue weighted by Gasteiger charge is -2.14. The molecule has 1 amide bonds. The molecule has 1 rings (SSSR count). The number of carbonyl (C=O) groups is 1. The minimum Gasteiger partial charge on any atom is -0.484 e. The summed E-state index contributed by atoms with van der Waals surface area (Å²) in [7, 11) is 0. The monoisotopic (exact) mass is 356 g/mol. The third-order valence-corrected chi connectivity index (χ3v) is 2.21. The summed E-state index contributed by atoms with van der Waals surface area (Å²) < 4.78 is 81.7. The molecule has 0 aliphatic heterocycles. The molecule has 1 aromatic carbocycles. The largest absolute Gasteiger partial charge is 0.484 e. The van der Waals surface area contributed by atoms with Crippen LogP contribution >= 0.6 is 0 Å². The molecule has 11 heteroatoms. The zero-order valence-corrected chi connectivity index (χ0v) is 11.8. The summed E-state index contributed by atoms with van der Waals surface area (Å²) in [4.78, 5) is 11.3. The average Bonchev–Trinajstić information content (AvgIpc) is 2.41. The van der Waals surface area contributed by atoms with Gasteiger partial charge in [-0.1, -0.05) is 0 Å². The van der Waals surface area contributed by atoms with E-state index < -0.39 is 49.4 Å². The van der Waals surface area contributed by atoms with E-state index in [0.717, 1.165) is 18.2 Å². The zero-order chi connectivity index (χ0) is 18.4. The Kier molecular flexibility index (Phi) is 6.27. The Bertz CT molecular complexity index is 585. The molecule has 0 aromatic heterocycles. The van der Waals surface area contributed by atoms with Crippen molar-refractivity contribution in [2.45, 2.75) is 18.8 Å². The molecule has 0 spiro atoms. The van der Waals surface area contributed by atoms with Crippen LogP contribution in [0, 0.1) is 11.3 Å². The van der Waals surface area contributed by atoms with Gasteiger partial charge in [0, 0.05) is 23.9 Å². The first kappa shape index (κ1) is 19.4. The van der Waals surface area contributed by atoms with Crippen LogP contribution in [-0.4, -0.2) is 31.5 Å². The standard InChI is InChI=1S/C13H10F6N2O3/c14-12(15,16)6-23-9-3-8(21-11(22)1-2-20)4-10(5-9)24-7-13(17,18)19/h3-5H,1,6-7H2,(H,21,22). The van der Waals surface area contributed by atoms with Crippen LogP contribution in [0.4, 0.5) is 32.0 Å². The van der Waals surface area contributed by atoms with Crippen molar-refractivity contribution in [3.05, 3.63) is 18.2 Å². The zero-order valence-electron chi connectivity index (χ0n) is 11.8. The Morgan fingerprint density at radius 2 is 1.46 bits per heavy atom. The molecular formula is C13H10F6N2O3. The molecule has 0 unspecified atom stereocenters. The second kappa shape index (κ2) is 7.76. The van der Waals surface area contributed by atoms with Gasteiger partial charge >= 0.3 is 12.4 Å². The highest BCUT2D eigenvalue weighted by Crippen LogP contribution is 2.29. The molecule has 24 heavy (non-hydrogen) atoms. The lowest BCUT2D eigenvalue weighted by molar-refractivity contribution is -0.153. The maximum absolute atomic E-state index is 12.1. The Hall–Kier alpha value is -2.64. The number of benzene rings is 1. The van der Waals surface area contributed by atoms with Gasteiger partial charge in [-0.15, -0.1) is 0 Å². The van der Waals surface area contributed by atoms with Gasteiger partial charge in [0.05, 0.1) is 6.07 Å². The van der Waals surface area contributed by atoms with Gasteiger partial charge in [0.15, 0.2) is 13.2 Å². The number of hydrogen-bond acceptors (Lipinski definition) is 4. The van der Waals surface area contributed by atoms with Crippen LogP contribution in [0.15, 0.2) is 18.2 Å². The van der Waals surface area contributed by atoms with Crippen molar-refractivity contribution in [2.75, 3.05) is 18.5 Å². The summed E-state index contributed by atoms with van der Waals surface area (Å²) in [6.07, 6.45) is -9.87. The number of rotatable bonds is 6. The van der Waals surface area contributed by atoms with Crippen LogP contribution in [0.1, 0.15) is 6.42 Å². The average molecular weight is 356 g/mol. The number of carbonyl (C=O) groups excluding carboxylic acids is 1. The van der Waals surface area contributed by atoms with Crippen LogP contribution in [-0.2, 0) is 4.79 Å². The van der Waals surface area contributed by atoms with Crippen molar-refractivity contribution >= 4 is 11.6 Å². The Balaban J connectivity index is 2.96. The smallest absolute Gasteiger partial charge is 0.422 e. The van der Waals surface area contributed by atoms with Crippen LogP contribution in [0.25, 0.3) is 0 Å². The molecule has 1 aromatic rings. The highest BCUT2D eigenvalue weighted by molar-refractivity contribution is 5.92. The lowest BCUT2D eigenvalue weighted by atomic mass is 10.2. The molecule has 0 fully saturated rings. The van der Waals surface area contributed by atoms with E-state index in [9.17, 15) is 31.1 Å². The first-order chi connectivity index (χ1) is 11.0. The number of halogens is 6. The van der Waals surface area contributed by atoms with E-state index in [2.05, 4.69) is 14.8 Å². The van der Waals surface area contributed by atoms with Crippen molar-refractivity contribution in [1.29, 1.82) is 5.26 Å². The van der Waals surface area contributed by atoms with Gasteiger partial charge in [-0.2, -0.15) is 31.6 Å². The number of anilines is 1. The molecule has 1 N–H and O–H groups in total. The van der Waals surface area contributed by atoms with E-state index in [0.29, 0.717) is 0 Å². The van der Waals surface area contributed by atoms with E-state index in [4.69, 9.17) is 5.26 Å². The van der Waals surface area contributed by atoms with E-state index in [1.54, 1.807) is 0 Å². The summed E-state index contributed by atoms with van der Waals surface area (Å²) in [5.74, 6) is -1.72. The van der Waals surface area contributed by atoms with Crippen molar-refractivity contribution in [1.82, 2.24) is 0 Å². The van der Waals surface area contributed by atoms with Gasteiger partial charge in [0.2, 0.25) is 5.91 Å². The van der Waals surface area contributed by atoms with Gasteiger partial charge < -0.3 is 14.8 Å². The van der Waals surface area contributed by atoms with Crippen LogP contribution in [0.2, 0.25) is 0 Å². The quantitative estimate of drug-likeness (QED) is 0.793. The number of amides is 1. The Labute approximate surface area is 131 Å². The van der Waals surface area contributed by atoms with E-state index >= 15 is 0 Å². The van der Waals surface area contributed by atoms with Crippen molar-refractivity contribution in [2.24, 2.45) is 0 Å². The molecule has 5 nitrogen and oxygen atoms in total. The fourth-order valence-electron chi connectivity index (χ4n) is 1.42. The predicted octanol–water partition coefficient (Wildman–Crippen LogP) is 3.42. The molecule has 0 heterocycles. The molecule has 0 saturated heterocycles. The van der Waals surface area contributed by atoms with Gasteiger partial charge in [0.1, 0.15) is 17.9 Å². The minimum atomic E-state index is -4.66. The summed E-state index contributed by atoms with van der Waals surface area (Å²) in [5, 5.41) is 10.5. The number of nitrogens with one attached hydrogen (secondary N) is 1. The van der Waals surface area contributed by atoms with Gasteiger partial charge in [-0.05, 0) is 0 Å². The highest BCUT2D eigenvalue weighted by atomic mass is 19.4. The number of alkyl halides is 6. The topological polar surface area (TPSA) is 71.4 Å². The molecule has 0 aliphatic rings. The van der Waals surface area contributed by atoms with Crippen LogP contribution in [0.5, 0.6) is 11.5 Å². The maximum atomic E-state index is 12.1. The van der Waals surface area contributed by atoms with Gasteiger partial charge in [-0.3, -0.25) is 4.79 Å². The fraction of sp³-hybridized carbons (Fsp3) is 0.385. The van der Waals surface area contributed by atoms with Gasteiger partial charge in [0.25, 0.3) is 0 Å². The van der Waals surface area contributed by atoms with E-state index in [1.807, 2.05) is 0 Å². The molecule has 132 valence electrons. The third-order valence-electron chi connectivity index (χ3n) is 2.21. The molecular weight excluding hydrogens is 346 g/mol. The number of hydrogen-bond donors (Lipinski definition) is 1. The maximum Gasteiger partial charge on any atom is 0.422 e. The molecule has 0 radical (unpaired) electrons. The highest BCUT2D eigenvalue weighted by Gasteiger charge is 2.30. The van der Waals surface area contributed by atoms with E-state index in [-0.39, 0.29) is 5.69 Å². The first-order valence-corrected chi connectivity index (χ1v) is 6.19. The third kappa shape index (κ3) is 8.11. The van der Waals surface area contributed by atoms with Crippen LogP contribution < -0.4 is 14.8 Å². The minimum absolute atomic E-state index is 0.174. The summed E-state index contributed by atoms with van der Waals surface area (Å²) in [6, 6.07) is 4.27. The summed E-state index contributed by atoms with van der Waals surface area (Å²) >= 11 is 0. The predicted molar refractivity (Wildman–Crippen MR) is 68.4 cm³/mol. The summed E-state index contributed by atoms with van der Waals surface area (Å²) in [6.45, 7) is -3.36. The molecule has 0 bridgehead atoms. The lowest BCUT2D eigenvalue weighted by Crippen LogP contribution is -2.20. The number of nitrogens with zero attached hydrogens (tertiary/aromatic N) is 1. The normalized spacial score (nSPS) is 11.5. The molecule has 0 saturated carbocycles. The first-order valence-electron chi connectivity index (χ1n) is 6.19. The van der Waals surface area contributed by atoms with Crippen molar-refractivity contribution in [3.63, 3.8) is 0 Å². The van der Waals surface area contributed by atoms with Crippen molar-refractivity contribution in [3.8, 4) is 17.6 Å². The summed E-state index contributed by atoms with van der Waals surface area (Å²) in [5.41, 5.74) is -0.174. The number of ether oxygens (including phenoxy) is 2. The second-order valence-corrected chi connectivity index (χ2v) is 4.38. The fourth-order valence-corrected chi connectivity index (χ4v) is 1.42. The van der Waals surface area contributed by atoms with Crippen molar-refractivity contribution < 1.29 is 40.6 Å². The van der Waals surface area contributed by atoms with Gasteiger partial charge in [-0.25, -0.2) is 0 Å².